The average molecular weight is 279 g/mol. The van der Waals surface area contributed by atoms with Gasteiger partial charge in [-0.15, -0.1) is 20.4 Å². The lowest BCUT2D eigenvalue weighted by Gasteiger charge is -2.00. The molecule has 0 unspecified atom stereocenters. The second kappa shape index (κ2) is 4.44. The van der Waals surface area contributed by atoms with E-state index in [4.69, 9.17) is 0 Å². The lowest BCUT2D eigenvalue weighted by Crippen LogP contribution is -1.98. The van der Waals surface area contributed by atoms with Crippen LogP contribution in [0.1, 0.15) is 16.2 Å². The molecule has 0 saturated heterocycles. The number of aryl methyl sites for hydroxylation is 1. The molecule has 0 N–H and O–H groups in total. The summed E-state index contributed by atoms with van der Waals surface area (Å²) in [6, 6.07) is 5.20. The second-order valence-corrected chi connectivity index (χ2v) is 3.98. The third kappa shape index (κ3) is 2.11. The molecule has 0 atom stereocenters. The van der Waals surface area contributed by atoms with Crippen LogP contribution in [0.25, 0.3) is 11.4 Å². The van der Waals surface area contributed by atoms with Gasteiger partial charge in [0.2, 0.25) is 5.82 Å². The van der Waals surface area contributed by atoms with Gasteiger partial charge in [-0.2, -0.15) is 0 Å². The summed E-state index contributed by atoms with van der Waals surface area (Å²) in [6.45, 7) is 1.72. The van der Waals surface area contributed by atoms with Crippen molar-refractivity contribution in [1.29, 1.82) is 0 Å². The molecular weight excluding hydrogens is 272 g/mol. The van der Waals surface area contributed by atoms with Gasteiger partial charge in [-0.1, -0.05) is 22.0 Å². The summed E-state index contributed by atoms with van der Waals surface area (Å²) in [4.78, 5) is 10.6. The first-order valence-electron chi connectivity index (χ1n) is 4.50. The average Bonchev–Trinajstić information content (AvgIpc) is 2.30. The summed E-state index contributed by atoms with van der Waals surface area (Å²) < 4.78 is 0.698. The van der Waals surface area contributed by atoms with E-state index in [-0.39, 0.29) is 0 Å². The minimum Gasteiger partial charge on any atom is -0.298 e. The van der Waals surface area contributed by atoms with E-state index in [2.05, 4.69) is 36.3 Å². The number of aromatic nitrogens is 4. The van der Waals surface area contributed by atoms with Gasteiger partial charge in [0, 0.05) is 15.6 Å². The second-order valence-electron chi connectivity index (χ2n) is 3.12. The summed E-state index contributed by atoms with van der Waals surface area (Å²) in [6.07, 6.45) is 0.778. The molecule has 16 heavy (non-hydrogen) atoms. The van der Waals surface area contributed by atoms with Gasteiger partial charge in [0.1, 0.15) is 0 Å². The van der Waals surface area contributed by atoms with Gasteiger partial charge < -0.3 is 0 Å². The zero-order valence-corrected chi connectivity index (χ0v) is 9.97. The molecule has 0 amide bonds. The van der Waals surface area contributed by atoms with Crippen LogP contribution in [0.4, 0.5) is 0 Å². The summed E-state index contributed by atoms with van der Waals surface area (Å²) in [5, 5.41) is 15.5. The normalized spacial score (nSPS) is 10.1. The van der Waals surface area contributed by atoms with Gasteiger partial charge in [-0.05, 0) is 19.1 Å². The highest BCUT2D eigenvalue weighted by Gasteiger charge is 2.05. The largest absolute Gasteiger partial charge is 0.298 e. The minimum absolute atomic E-state index is 0.434. The van der Waals surface area contributed by atoms with Crippen LogP contribution < -0.4 is 0 Å². The van der Waals surface area contributed by atoms with E-state index in [1.54, 1.807) is 25.1 Å². The number of nitrogens with zero attached hydrogens (tertiary/aromatic N) is 4. The number of hydrogen-bond acceptors (Lipinski definition) is 5. The molecule has 2 aromatic rings. The molecule has 0 aliphatic carbocycles. The number of benzene rings is 1. The highest BCUT2D eigenvalue weighted by molar-refractivity contribution is 9.10. The third-order valence-electron chi connectivity index (χ3n) is 1.96. The van der Waals surface area contributed by atoms with E-state index >= 15 is 0 Å². The molecule has 0 saturated carbocycles. The Labute approximate surface area is 100 Å². The van der Waals surface area contributed by atoms with Crippen molar-refractivity contribution in [2.24, 2.45) is 0 Å². The maximum absolute atomic E-state index is 10.6. The van der Waals surface area contributed by atoms with Crippen LogP contribution in [-0.4, -0.2) is 26.7 Å². The first-order chi connectivity index (χ1) is 7.70. The van der Waals surface area contributed by atoms with Gasteiger partial charge in [0.15, 0.2) is 12.1 Å². The Kier molecular flexibility index (Phi) is 3.00. The maximum Gasteiger partial charge on any atom is 0.203 e. The molecule has 2 rings (SSSR count). The van der Waals surface area contributed by atoms with Gasteiger partial charge in [-0.25, -0.2) is 0 Å². The Bertz CT molecular complexity index is 527. The van der Waals surface area contributed by atoms with Gasteiger partial charge in [0.25, 0.3) is 0 Å². The van der Waals surface area contributed by atoms with Crippen LogP contribution in [0.2, 0.25) is 0 Å². The molecule has 0 bridgehead atoms. The SMILES string of the molecule is Cc1nnc(-c2ccc(C=O)c(Br)c2)nn1. The van der Waals surface area contributed by atoms with Crippen molar-refractivity contribution >= 4 is 22.2 Å². The van der Waals surface area contributed by atoms with Crippen molar-refractivity contribution in [1.82, 2.24) is 20.4 Å². The fraction of sp³-hybridized carbons (Fsp3) is 0.100. The van der Waals surface area contributed by atoms with Crippen molar-refractivity contribution in [2.75, 3.05) is 0 Å². The Balaban J connectivity index is 2.45. The molecule has 0 aliphatic rings. The van der Waals surface area contributed by atoms with Gasteiger partial charge in [-0.3, -0.25) is 4.79 Å². The van der Waals surface area contributed by atoms with Crippen molar-refractivity contribution in [3.05, 3.63) is 34.1 Å². The standard InChI is InChI=1S/C10H7BrN4O/c1-6-12-14-10(15-13-6)7-2-3-8(5-16)9(11)4-7/h2-5H,1H3. The van der Waals surface area contributed by atoms with Gasteiger partial charge in [0.05, 0.1) is 0 Å². The zero-order valence-electron chi connectivity index (χ0n) is 8.38. The predicted molar refractivity (Wildman–Crippen MR) is 60.9 cm³/mol. The fourth-order valence-electron chi connectivity index (χ4n) is 1.16. The third-order valence-corrected chi connectivity index (χ3v) is 2.65. The molecule has 1 heterocycles. The highest BCUT2D eigenvalue weighted by Crippen LogP contribution is 2.22. The van der Waals surface area contributed by atoms with Crippen molar-refractivity contribution in [3.63, 3.8) is 0 Å². The van der Waals surface area contributed by atoms with Crippen LogP contribution in [0, 0.1) is 6.92 Å². The Morgan fingerprint density at radius 3 is 2.44 bits per heavy atom. The highest BCUT2D eigenvalue weighted by atomic mass is 79.9. The van der Waals surface area contributed by atoms with Crippen molar-refractivity contribution < 1.29 is 4.79 Å². The lowest BCUT2D eigenvalue weighted by molar-refractivity contribution is 0.112. The van der Waals surface area contributed by atoms with E-state index in [9.17, 15) is 4.79 Å². The summed E-state index contributed by atoms with van der Waals surface area (Å²) in [5.41, 5.74) is 1.34. The van der Waals surface area contributed by atoms with Crippen LogP contribution >= 0.6 is 15.9 Å². The monoisotopic (exact) mass is 278 g/mol. The molecule has 80 valence electrons. The molecule has 6 heteroatoms. The summed E-state index contributed by atoms with van der Waals surface area (Å²) in [5.74, 6) is 0.955. The van der Waals surface area contributed by atoms with E-state index in [0.29, 0.717) is 21.7 Å². The Hall–Kier alpha value is -1.69. The molecule has 1 aromatic heterocycles. The van der Waals surface area contributed by atoms with E-state index in [1.165, 1.54) is 0 Å². The van der Waals surface area contributed by atoms with Crippen LogP contribution in [0.15, 0.2) is 22.7 Å². The van der Waals surface area contributed by atoms with Crippen LogP contribution in [0.3, 0.4) is 0 Å². The zero-order chi connectivity index (χ0) is 11.5. The molecule has 1 aromatic carbocycles. The van der Waals surface area contributed by atoms with E-state index in [1.807, 2.05) is 0 Å². The quantitative estimate of drug-likeness (QED) is 0.784. The molecule has 0 fully saturated rings. The molecule has 0 radical (unpaired) electrons. The topological polar surface area (TPSA) is 68.6 Å². The maximum atomic E-state index is 10.6. The van der Waals surface area contributed by atoms with Crippen LogP contribution in [0.5, 0.6) is 0 Å². The van der Waals surface area contributed by atoms with E-state index < -0.39 is 0 Å². The first-order valence-corrected chi connectivity index (χ1v) is 5.29. The van der Waals surface area contributed by atoms with E-state index in [0.717, 1.165) is 11.8 Å². The van der Waals surface area contributed by atoms with Crippen molar-refractivity contribution in [3.8, 4) is 11.4 Å². The lowest BCUT2D eigenvalue weighted by atomic mass is 10.1. The predicted octanol–water partition coefficient (Wildman–Crippen LogP) is 1.82. The Morgan fingerprint density at radius 1 is 1.19 bits per heavy atom. The number of rotatable bonds is 2. The number of aldehydes is 1. The Morgan fingerprint density at radius 2 is 1.88 bits per heavy atom. The minimum atomic E-state index is 0.434. The summed E-state index contributed by atoms with van der Waals surface area (Å²) >= 11 is 3.29. The number of halogens is 1. The molecular formula is C10H7BrN4O. The summed E-state index contributed by atoms with van der Waals surface area (Å²) in [7, 11) is 0. The number of carbonyl (C=O) groups excluding carboxylic acids is 1. The molecule has 0 aliphatic heterocycles. The van der Waals surface area contributed by atoms with Crippen LogP contribution in [-0.2, 0) is 0 Å². The number of carbonyl (C=O) groups is 1. The molecule has 5 nitrogen and oxygen atoms in total. The first kappa shape index (κ1) is 10.8. The molecule has 0 spiro atoms. The number of hydrogen-bond donors (Lipinski definition) is 0. The smallest absolute Gasteiger partial charge is 0.203 e. The fourth-order valence-corrected chi connectivity index (χ4v) is 1.63. The van der Waals surface area contributed by atoms with Crippen molar-refractivity contribution in [2.45, 2.75) is 6.92 Å². The van der Waals surface area contributed by atoms with Gasteiger partial charge >= 0.3 is 0 Å².